The molecular formula is C18H20N2O2. The number of aryl methyl sites for hydroxylation is 1. The molecule has 0 spiro atoms. The lowest BCUT2D eigenvalue weighted by atomic mass is 10.0. The Bertz CT molecular complexity index is 672. The average Bonchev–Trinajstić information content (AvgIpc) is 3.26. The van der Waals surface area contributed by atoms with Crippen LogP contribution in [0.3, 0.4) is 0 Å². The number of hydrogen-bond donors (Lipinski definition) is 0. The van der Waals surface area contributed by atoms with Gasteiger partial charge in [-0.3, -0.25) is 4.79 Å². The zero-order chi connectivity index (χ0) is 14.9. The molecule has 2 aromatic rings. The summed E-state index contributed by atoms with van der Waals surface area (Å²) in [6.07, 6.45) is 6.11. The Morgan fingerprint density at radius 3 is 2.68 bits per heavy atom. The van der Waals surface area contributed by atoms with Crippen molar-refractivity contribution < 1.29 is 9.21 Å². The number of rotatable bonds is 2. The van der Waals surface area contributed by atoms with E-state index in [1.165, 1.54) is 24.1 Å². The molecule has 1 aromatic heterocycles. The van der Waals surface area contributed by atoms with Gasteiger partial charge < -0.3 is 14.2 Å². The molecule has 2 aliphatic heterocycles. The van der Waals surface area contributed by atoms with E-state index in [1.807, 2.05) is 4.90 Å². The topological polar surface area (TPSA) is 36.7 Å². The van der Waals surface area contributed by atoms with Gasteiger partial charge in [0.2, 0.25) is 0 Å². The highest BCUT2D eigenvalue weighted by Gasteiger charge is 2.26. The third-order valence-corrected chi connectivity index (χ3v) is 4.64. The summed E-state index contributed by atoms with van der Waals surface area (Å²) in [4.78, 5) is 17.0. The maximum absolute atomic E-state index is 12.7. The molecule has 4 heteroatoms. The summed E-state index contributed by atoms with van der Waals surface area (Å²) in [5, 5.41) is 0. The Morgan fingerprint density at radius 1 is 1.05 bits per heavy atom. The number of amides is 1. The van der Waals surface area contributed by atoms with Crippen molar-refractivity contribution in [3.8, 4) is 0 Å². The predicted molar refractivity (Wildman–Crippen MR) is 86.6 cm³/mol. The van der Waals surface area contributed by atoms with Gasteiger partial charge in [-0.1, -0.05) is 6.07 Å². The van der Waals surface area contributed by atoms with Crippen LogP contribution in [0.25, 0.3) is 0 Å². The smallest absolute Gasteiger partial charge is 0.293 e. The quantitative estimate of drug-likeness (QED) is 0.851. The van der Waals surface area contributed by atoms with Crippen LogP contribution in [0.4, 0.5) is 11.4 Å². The van der Waals surface area contributed by atoms with Gasteiger partial charge in [0.25, 0.3) is 5.91 Å². The number of carbonyl (C=O) groups is 1. The first kappa shape index (κ1) is 13.4. The standard InChI is InChI=1S/C18H20N2O2/c21-18(17-6-4-12-22-17)20-11-3-5-14-7-8-15(13-16(14)20)19-9-1-2-10-19/h4,6-8,12-13H,1-3,5,9-11H2. The molecule has 1 amide bonds. The zero-order valence-corrected chi connectivity index (χ0v) is 12.6. The average molecular weight is 296 g/mol. The van der Waals surface area contributed by atoms with Crippen LogP contribution in [0.5, 0.6) is 0 Å². The van der Waals surface area contributed by atoms with Crippen molar-refractivity contribution in [2.45, 2.75) is 25.7 Å². The van der Waals surface area contributed by atoms with E-state index in [-0.39, 0.29) is 5.91 Å². The fourth-order valence-electron chi connectivity index (χ4n) is 3.48. The van der Waals surface area contributed by atoms with Crippen molar-refractivity contribution in [1.29, 1.82) is 0 Å². The van der Waals surface area contributed by atoms with Gasteiger partial charge >= 0.3 is 0 Å². The first-order valence-electron chi connectivity index (χ1n) is 8.06. The van der Waals surface area contributed by atoms with Gasteiger partial charge in [0.1, 0.15) is 0 Å². The Balaban J connectivity index is 1.69. The van der Waals surface area contributed by atoms with Crippen LogP contribution in [-0.4, -0.2) is 25.5 Å². The van der Waals surface area contributed by atoms with Crippen LogP contribution >= 0.6 is 0 Å². The number of fused-ring (bicyclic) bond motifs is 1. The number of furan rings is 1. The van der Waals surface area contributed by atoms with Gasteiger partial charge in [-0.15, -0.1) is 0 Å². The molecule has 3 heterocycles. The number of hydrogen-bond acceptors (Lipinski definition) is 3. The second-order valence-corrected chi connectivity index (χ2v) is 6.04. The lowest BCUT2D eigenvalue weighted by molar-refractivity contribution is 0.0958. The van der Waals surface area contributed by atoms with Crippen LogP contribution in [0.15, 0.2) is 41.0 Å². The molecule has 0 bridgehead atoms. The fraction of sp³-hybridized carbons (Fsp3) is 0.389. The second kappa shape index (κ2) is 5.52. The van der Waals surface area contributed by atoms with Gasteiger partial charge in [0, 0.05) is 31.0 Å². The maximum atomic E-state index is 12.7. The lowest BCUT2D eigenvalue weighted by Gasteiger charge is -2.30. The van der Waals surface area contributed by atoms with Crippen molar-refractivity contribution in [1.82, 2.24) is 0 Å². The molecule has 0 unspecified atom stereocenters. The van der Waals surface area contributed by atoms with Crippen molar-refractivity contribution >= 4 is 17.3 Å². The molecule has 2 aliphatic rings. The molecule has 1 fully saturated rings. The molecule has 4 nitrogen and oxygen atoms in total. The number of benzene rings is 1. The first-order chi connectivity index (χ1) is 10.8. The molecule has 0 saturated carbocycles. The van der Waals surface area contributed by atoms with E-state index in [4.69, 9.17) is 4.42 Å². The van der Waals surface area contributed by atoms with E-state index in [1.54, 1.807) is 18.4 Å². The van der Waals surface area contributed by atoms with E-state index in [0.717, 1.165) is 38.2 Å². The highest BCUT2D eigenvalue weighted by atomic mass is 16.3. The van der Waals surface area contributed by atoms with Crippen LogP contribution in [0.2, 0.25) is 0 Å². The summed E-state index contributed by atoms with van der Waals surface area (Å²) in [7, 11) is 0. The summed E-state index contributed by atoms with van der Waals surface area (Å²) in [6, 6.07) is 10.1. The van der Waals surface area contributed by atoms with Gasteiger partial charge in [0.05, 0.1) is 6.26 Å². The zero-order valence-electron chi connectivity index (χ0n) is 12.6. The molecule has 1 aromatic carbocycles. The summed E-state index contributed by atoms with van der Waals surface area (Å²) in [5.74, 6) is 0.379. The first-order valence-corrected chi connectivity index (χ1v) is 8.06. The van der Waals surface area contributed by atoms with Crippen molar-refractivity contribution in [3.63, 3.8) is 0 Å². The largest absolute Gasteiger partial charge is 0.459 e. The number of nitrogens with zero attached hydrogens (tertiary/aromatic N) is 2. The van der Waals surface area contributed by atoms with E-state index in [0.29, 0.717) is 5.76 Å². The third-order valence-electron chi connectivity index (χ3n) is 4.64. The molecule has 22 heavy (non-hydrogen) atoms. The second-order valence-electron chi connectivity index (χ2n) is 6.04. The van der Waals surface area contributed by atoms with Crippen molar-refractivity contribution in [2.75, 3.05) is 29.4 Å². The molecule has 4 rings (SSSR count). The Hall–Kier alpha value is -2.23. The lowest BCUT2D eigenvalue weighted by Crippen LogP contribution is -2.35. The molecule has 0 atom stereocenters. The van der Waals surface area contributed by atoms with Gasteiger partial charge in [-0.05, 0) is 55.5 Å². The van der Waals surface area contributed by atoms with E-state index in [2.05, 4.69) is 23.1 Å². The number of carbonyl (C=O) groups excluding carboxylic acids is 1. The molecule has 0 radical (unpaired) electrons. The summed E-state index contributed by atoms with van der Waals surface area (Å²) < 4.78 is 5.29. The van der Waals surface area contributed by atoms with Gasteiger partial charge in [0.15, 0.2) is 5.76 Å². The predicted octanol–water partition coefficient (Wildman–Crippen LogP) is 3.47. The molecular weight excluding hydrogens is 276 g/mol. The minimum Gasteiger partial charge on any atom is -0.459 e. The maximum Gasteiger partial charge on any atom is 0.293 e. The van der Waals surface area contributed by atoms with Crippen LogP contribution in [0, 0.1) is 0 Å². The Labute approximate surface area is 130 Å². The molecule has 0 aliphatic carbocycles. The third kappa shape index (κ3) is 2.28. The summed E-state index contributed by atoms with van der Waals surface area (Å²) in [5.41, 5.74) is 3.54. The summed E-state index contributed by atoms with van der Waals surface area (Å²) in [6.45, 7) is 2.99. The molecule has 1 saturated heterocycles. The van der Waals surface area contributed by atoms with Crippen LogP contribution in [-0.2, 0) is 6.42 Å². The SMILES string of the molecule is O=C(c1ccco1)N1CCCc2ccc(N3CCCC3)cc21. The van der Waals surface area contributed by atoms with Gasteiger partial charge in [-0.25, -0.2) is 0 Å². The van der Waals surface area contributed by atoms with Crippen molar-refractivity contribution in [3.05, 3.63) is 47.9 Å². The van der Waals surface area contributed by atoms with Crippen LogP contribution < -0.4 is 9.80 Å². The molecule has 114 valence electrons. The highest BCUT2D eigenvalue weighted by Crippen LogP contribution is 2.33. The fourth-order valence-corrected chi connectivity index (χ4v) is 3.48. The Kier molecular flexibility index (Phi) is 3.37. The normalized spacial score (nSPS) is 17.6. The van der Waals surface area contributed by atoms with Crippen molar-refractivity contribution in [2.24, 2.45) is 0 Å². The number of anilines is 2. The minimum atomic E-state index is -0.0375. The van der Waals surface area contributed by atoms with E-state index < -0.39 is 0 Å². The van der Waals surface area contributed by atoms with Gasteiger partial charge in [-0.2, -0.15) is 0 Å². The highest BCUT2D eigenvalue weighted by molar-refractivity contribution is 6.05. The van der Waals surface area contributed by atoms with Crippen LogP contribution in [0.1, 0.15) is 35.4 Å². The summed E-state index contributed by atoms with van der Waals surface area (Å²) >= 11 is 0. The van der Waals surface area contributed by atoms with E-state index >= 15 is 0 Å². The monoisotopic (exact) mass is 296 g/mol. The molecule has 0 N–H and O–H groups in total. The minimum absolute atomic E-state index is 0.0375. The van der Waals surface area contributed by atoms with E-state index in [9.17, 15) is 4.79 Å². The Morgan fingerprint density at radius 2 is 1.91 bits per heavy atom.